The van der Waals surface area contributed by atoms with Crippen molar-refractivity contribution in [3.8, 4) is 0 Å². The molecule has 4 heteroatoms. The van der Waals surface area contributed by atoms with Crippen LogP contribution in [-0.4, -0.2) is 27.1 Å². The van der Waals surface area contributed by atoms with E-state index >= 15 is 0 Å². The van der Waals surface area contributed by atoms with Crippen molar-refractivity contribution >= 4 is 5.91 Å². The van der Waals surface area contributed by atoms with Crippen molar-refractivity contribution in [2.75, 3.05) is 0 Å². The number of pyridine rings is 1. The average Bonchev–Trinajstić information content (AvgIpc) is 2.15. The third-order valence-corrected chi connectivity index (χ3v) is 3.18. The normalized spacial score (nSPS) is 12.4. The molecule has 0 unspecified atom stereocenters. The van der Waals surface area contributed by atoms with Crippen molar-refractivity contribution in [2.45, 2.75) is 45.8 Å². The molecule has 0 atom stereocenters. The summed E-state index contributed by atoms with van der Waals surface area (Å²) >= 11 is 0. The summed E-state index contributed by atoms with van der Waals surface area (Å²) in [6, 6.07) is 3.62. The molecule has 4 nitrogen and oxygen atoms in total. The van der Waals surface area contributed by atoms with Crippen molar-refractivity contribution in [1.82, 2.24) is 10.3 Å². The predicted octanol–water partition coefficient (Wildman–Crippen LogP) is 1.67. The van der Waals surface area contributed by atoms with Crippen LogP contribution in [0.2, 0.25) is 0 Å². The van der Waals surface area contributed by atoms with Gasteiger partial charge in [0.15, 0.2) is 0 Å². The van der Waals surface area contributed by atoms with Gasteiger partial charge in [-0.2, -0.15) is 0 Å². The van der Waals surface area contributed by atoms with E-state index < -0.39 is 11.1 Å². The summed E-state index contributed by atoms with van der Waals surface area (Å²) < 4.78 is 0. The Bertz CT molecular complexity index is 420. The Morgan fingerprint density at radius 1 is 1.35 bits per heavy atom. The molecule has 94 valence electrons. The van der Waals surface area contributed by atoms with Gasteiger partial charge in [-0.25, -0.2) is 0 Å². The van der Waals surface area contributed by atoms with Gasteiger partial charge in [-0.3, -0.25) is 9.78 Å². The number of aryl methyl sites for hydroxylation is 1. The second-order valence-electron chi connectivity index (χ2n) is 5.31. The quantitative estimate of drug-likeness (QED) is 0.839. The number of carbonyl (C=O) groups is 1. The summed E-state index contributed by atoms with van der Waals surface area (Å²) in [4.78, 5) is 16.1. The standard InChI is InChI=1S/C13H20N2O2/c1-9-7-6-8-14-10(9)11(16)15-12(2,3)13(4,5)17/h6-8,17H,1-5H3,(H,15,16). The van der Waals surface area contributed by atoms with E-state index in [1.165, 1.54) is 0 Å². The first kappa shape index (κ1) is 13.6. The van der Waals surface area contributed by atoms with E-state index in [0.29, 0.717) is 5.69 Å². The molecule has 1 aromatic rings. The molecular formula is C13H20N2O2. The zero-order valence-corrected chi connectivity index (χ0v) is 11.0. The van der Waals surface area contributed by atoms with Gasteiger partial charge in [0.1, 0.15) is 5.69 Å². The minimum atomic E-state index is -1.01. The van der Waals surface area contributed by atoms with Gasteiger partial charge in [-0.05, 0) is 46.2 Å². The molecule has 2 N–H and O–H groups in total. The van der Waals surface area contributed by atoms with Crippen LogP contribution in [0.25, 0.3) is 0 Å². The van der Waals surface area contributed by atoms with E-state index in [0.717, 1.165) is 5.56 Å². The molecule has 1 heterocycles. The molecule has 0 bridgehead atoms. The summed E-state index contributed by atoms with van der Waals surface area (Å²) in [5.41, 5.74) is -0.527. The summed E-state index contributed by atoms with van der Waals surface area (Å²) in [5, 5.41) is 12.8. The zero-order chi connectivity index (χ0) is 13.3. The molecule has 17 heavy (non-hydrogen) atoms. The Balaban J connectivity index is 2.92. The van der Waals surface area contributed by atoms with Gasteiger partial charge in [0.25, 0.3) is 5.91 Å². The lowest BCUT2D eigenvalue weighted by Gasteiger charge is -2.37. The molecule has 0 aliphatic rings. The first-order valence-electron chi connectivity index (χ1n) is 5.61. The van der Waals surface area contributed by atoms with Crippen LogP contribution in [0.5, 0.6) is 0 Å². The minimum Gasteiger partial charge on any atom is -0.388 e. The van der Waals surface area contributed by atoms with Crippen LogP contribution in [0, 0.1) is 6.92 Å². The van der Waals surface area contributed by atoms with Crippen LogP contribution in [-0.2, 0) is 0 Å². The smallest absolute Gasteiger partial charge is 0.270 e. The van der Waals surface area contributed by atoms with E-state index in [2.05, 4.69) is 10.3 Å². The average molecular weight is 236 g/mol. The molecule has 1 amide bonds. The molecule has 0 fully saturated rings. The molecule has 0 saturated heterocycles. The van der Waals surface area contributed by atoms with Gasteiger partial charge in [0.05, 0.1) is 11.1 Å². The summed E-state index contributed by atoms with van der Waals surface area (Å²) in [6.07, 6.45) is 1.58. The molecule has 0 saturated carbocycles. The Morgan fingerprint density at radius 3 is 2.41 bits per heavy atom. The SMILES string of the molecule is Cc1cccnc1C(=O)NC(C)(C)C(C)(C)O. The molecule has 0 aliphatic carbocycles. The first-order chi connectivity index (χ1) is 7.65. The highest BCUT2D eigenvalue weighted by molar-refractivity contribution is 5.94. The van der Waals surface area contributed by atoms with Crippen LogP contribution >= 0.6 is 0 Å². The lowest BCUT2D eigenvalue weighted by molar-refractivity contribution is -0.00303. The third-order valence-electron chi connectivity index (χ3n) is 3.18. The minimum absolute atomic E-state index is 0.268. The maximum absolute atomic E-state index is 12.0. The topological polar surface area (TPSA) is 62.2 Å². The third kappa shape index (κ3) is 3.03. The number of aromatic nitrogens is 1. The van der Waals surface area contributed by atoms with E-state index in [1.807, 2.05) is 13.0 Å². The molecule has 0 aromatic carbocycles. The fourth-order valence-electron chi connectivity index (χ4n) is 1.22. The van der Waals surface area contributed by atoms with Gasteiger partial charge >= 0.3 is 0 Å². The Morgan fingerprint density at radius 2 is 1.94 bits per heavy atom. The first-order valence-corrected chi connectivity index (χ1v) is 5.61. The maximum Gasteiger partial charge on any atom is 0.270 e. The fourth-order valence-corrected chi connectivity index (χ4v) is 1.22. The van der Waals surface area contributed by atoms with Gasteiger partial charge in [-0.15, -0.1) is 0 Å². The second-order valence-corrected chi connectivity index (χ2v) is 5.31. The fraction of sp³-hybridized carbons (Fsp3) is 0.538. The largest absolute Gasteiger partial charge is 0.388 e. The van der Waals surface area contributed by atoms with E-state index in [9.17, 15) is 9.90 Å². The van der Waals surface area contributed by atoms with Crippen LogP contribution in [0.15, 0.2) is 18.3 Å². The van der Waals surface area contributed by atoms with Crippen molar-refractivity contribution in [2.24, 2.45) is 0 Å². The van der Waals surface area contributed by atoms with Gasteiger partial charge in [0.2, 0.25) is 0 Å². The molecular weight excluding hydrogens is 216 g/mol. The number of amides is 1. The van der Waals surface area contributed by atoms with Gasteiger partial charge in [-0.1, -0.05) is 6.07 Å². The lowest BCUT2D eigenvalue weighted by Crippen LogP contribution is -2.57. The highest BCUT2D eigenvalue weighted by atomic mass is 16.3. The maximum atomic E-state index is 12.0. The number of nitrogens with one attached hydrogen (secondary N) is 1. The van der Waals surface area contributed by atoms with Crippen LogP contribution in [0.4, 0.5) is 0 Å². The Labute approximate surface area is 102 Å². The van der Waals surface area contributed by atoms with Gasteiger partial charge in [0, 0.05) is 6.20 Å². The van der Waals surface area contributed by atoms with E-state index in [4.69, 9.17) is 0 Å². The lowest BCUT2D eigenvalue weighted by atomic mass is 9.86. The Hall–Kier alpha value is -1.42. The van der Waals surface area contributed by atoms with Crippen molar-refractivity contribution < 1.29 is 9.90 Å². The number of aliphatic hydroxyl groups is 1. The monoisotopic (exact) mass is 236 g/mol. The molecule has 0 radical (unpaired) electrons. The summed E-state index contributed by atoms with van der Waals surface area (Å²) in [5.74, 6) is -0.268. The zero-order valence-electron chi connectivity index (χ0n) is 11.0. The number of carbonyl (C=O) groups excluding carboxylic acids is 1. The second kappa shape index (κ2) is 4.45. The van der Waals surface area contributed by atoms with Crippen LogP contribution in [0.3, 0.4) is 0 Å². The van der Waals surface area contributed by atoms with E-state index in [1.54, 1.807) is 40.0 Å². The molecule has 1 aromatic heterocycles. The van der Waals surface area contributed by atoms with Crippen molar-refractivity contribution in [3.05, 3.63) is 29.6 Å². The van der Waals surface area contributed by atoms with Crippen molar-refractivity contribution in [1.29, 1.82) is 0 Å². The van der Waals surface area contributed by atoms with Crippen molar-refractivity contribution in [3.63, 3.8) is 0 Å². The number of nitrogens with zero attached hydrogens (tertiary/aromatic N) is 1. The van der Waals surface area contributed by atoms with Crippen LogP contribution < -0.4 is 5.32 Å². The predicted molar refractivity (Wildman–Crippen MR) is 66.8 cm³/mol. The van der Waals surface area contributed by atoms with E-state index in [-0.39, 0.29) is 5.91 Å². The summed E-state index contributed by atoms with van der Waals surface area (Å²) in [6.45, 7) is 8.72. The number of hydrogen-bond donors (Lipinski definition) is 2. The number of rotatable bonds is 3. The molecule has 0 aliphatic heterocycles. The van der Waals surface area contributed by atoms with Gasteiger partial charge < -0.3 is 10.4 Å². The molecule has 1 rings (SSSR count). The molecule has 0 spiro atoms. The van der Waals surface area contributed by atoms with Crippen LogP contribution in [0.1, 0.15) is 43.7 Å². The summed E-state index contributed by atoms with van der Waals surface area (Å²) in [7, 11) is 0. The Kier molecular flexibility index (Phi) is 3.57. The highest BCUT2D eigenvalue weighted by Crippen LogP contribution is 2.21. The highest BCUT2D eigenvalue weighted by Gasteiger charge is 2.36. The number of hydrogen-bond acceptors (Lipinski definition) is 3.